The lowest BCUT2D eigenvalue weighted by Crippen LogP contribution is -2.23. The summed E-state index contributed by atoms with van der Waals surface area (Å²) in [5, 5.41) is 9.40. The molecule has 0 aromatic heterocycles. The summed E-state index contributed by atoms with van der Waals surface area (Å²) in [5.41, 5.74) is 1.17. The molecule has 1 unspecified atom stereocenters. The van der Waals surface area contributed by atoms with Crippen LogP contribution in [0.25, 0.3) is 0 Å². The van der Waals surface area contributed by atoms with Gasteiger partial charge in [0.05, 0.1) is 0 Å². The van der Waals surface area contributed by atoms with Crippen molar-refractivity contribution in [1.29, 1.82) is 0 Å². The van der Waals surface area contributed by atoms with Crippen molar-refractivity contribution in [2.75, 3.05) is 13.6 Å². The van der Waals surface area contributed by atoms with Crippen molar-refractivity contribution in [3.8, 4) is 5.75 Å². The standard InChI is InChI=1S/C13H21NO/c1-4-5-9-14(3)11(2)12-7-6-8-13(15)10-12/h6-8,10-11,15H,4-5,9H2,1-3H3. The third kappa shape index (κ3) is 3.56. The van der Waals surface area contributed by atoms with Gasteiger partial charge in [-0.15, -0.1) is 0 Å². The third-order valence-electron chi connectivity index (χ3n) is 2.88. The summed E-state index contributed by atoms with van der Waals surface area (Å²) in [6.45, 7) is 5.48. The molecule has 2 nitrogen and oxygen atoms in total. The van der Waals surface area contributed by atoms with Crippen LogP contribution in [0.5, 0.6) is 5.75 Å². The molecular formula is C13H21NO. The predicted octanol–water partition coefficient (Wildman–Crippen LogP) is 3.19. The van der Waals surface area contributed by atoms with Gasteiger partial charge in [0, 0.05) is 6.04 Å². The molecule has 0 bridgehead atoms. The molecule has 2 heteroatoms. The first kappa shape index (κ1) is 12.1. The summed E-state index contributed by atoms with van der Waals surface area (Å²) in [4.78, 5) is 2.32. The zero-order valence-corrected chi connectivity index (χ0v) is 9.90. The van der Waals surface area contributed by atoms with E-state index in [2.05, 4.69) is 31.9 Å². The summed E-state index contributed by atoms with van der Waals surface area (Å²) in [6, 6.07) is 7.88. The molecule has 0 aliphatic rings. The van der Waals surface area contributed by atoms with Gasteiger partial charge in [0.25, 0.3) is 0 Å². The maximum absolute atomic E-state index is 9.40. The van der Waals surface area contributed by atoms with Crippen LogP contribution in [-0.4, -0.2) is 23.6 Å². The van der Waals surface area contributed by atoms with Crippen molar-refractivity contribution >= 4 is 0 Å². The van der Waals surface area contributed by atoms with Crippen LogP contribution >= 0.6 is 0 Å². The lowest BCUT2D eigenvalue weighted by atomic mass is 10.1. The molecule has 0 aliphatic carbocycles. The van der Waals surface area contributed by atoms with Crippen molar-refractivity contribution in [3.05, 3.63) is 29.8 Å². The van der Waals surface area contributed by atoms with Crippen LogP contribution in [0.1, 0.15) is 38.3 Å². The first-order valence-electron chi connectivity index (χ1n) is 5.64. The summed E-state index contributed by atoms with van der Waals surface area (Å²) in [6.07, 6.45) is 2.44. The number of phenols is 1. The molecule has 1 aromatic rings. The Morgan fingerprint density at radius 3 is 2.73 bits per heavy atom. The zero-order valence-electron chi connectivity index (χ0n) is 9.90. The lowest BCUT2D eigenvalue weighted by Gasteiger charge is -2.24. The van der Waals surface area contributed by atoms with E-state index >= 15 is 0 Å². The molecule has 0 heterocycles. The van der Waals surface area contributed by atoms with E-state index in [0.717, 1.165) is 6.54 Å². The third-order valence-corrected chi connectivity index (χ3v) is 2.88. The average Bonchev–Trinajstić information content (AvgIpc) is 2.24. The monoisotopic (exact) mass is 207 g/mol. The largest absolute Gasteiger partial charge is 0.508 e. The van der Waals surface area contributed by atoms with Crippen molar-refractivity contribution < 1.29 is 5.11 Å². The van der Waals surface area contributed by atoms with Crippen molar-refractivity contribution in [2.45, 2.75) is 32.7 Å². The molecule has 1 aromatic carbocycles. The van der Waals surface area contributed by atoms with Crippen LogP contribution in [0.2, 0.25) is 0 Å². The highest BCUT2D eigenvalue weighted by atomic mass is 16.3. The second-order valence-corrected chi connectivity index (χ2v) is 4.11. The molecule has 0 fully saturated rings. The van der Waals surface area contributed by atoms with Gasteiger partial charge in [0.15, 0.2) is 0 Å². The normalized spacial score (nSPS) is 13.1. The van der Waals surface area contributed by atoms with Gasteiger partial charge in [-0.05, 0) is 44.6 Å². The van der Waals surface area contributed by atoms with Crippen molar-refractivity contribution in [3.63, 3.8) is 0 Å². The summed E-state index contributed by atoms with van der Waals surface area (Å²) in [7, 11) is 2.13. The Morgan fingerprint density at radius 1 is 1.40 bits per heavy atom. The predicted molar refractivity (Wildman–Crippen MR) is 64.1 cm³/mol. The fourth-order valence-electron chi connectivity index (χ4n) is 1.64. The molecular weight excluding hydrogens is 186 g/mol. The Balaban J connectivity index is 2.62. The molecule has 15 heavy (non-hydrogen) atoms. The highest BCUT2D eigenvalue weighted by Gasteiger charge is 2.10. The minimum absolute atomic E-state index is 0.350. The van der Waals surface area contributed by atoms with E-state index in [1.54, 1.807) is 6.07 Å². The van der Waals surface area contributed by atoms with Gasteiger partial charge in [-0.25, -0.2) is 0 Å². The fourth-order valence-corrected chi connectivity index (χ4v) is 1.64. The second kappa shape index (κ2) is 5.76. The smallest absolute Gasteiger partial charge is 0.115 e. The Labute approximate surface area is 92.5 Å². The number of aromatic hydroxyl groups is 1. The van der Waals surface area contributed by atoms with E-state index in [1.165, 1.54) is 18.4 Å². The number of phenolic OH excluding ortho intramolecular Hbond substituents is 1. The van der Waals surface area contributed by atoms with Crippen molar-refractivity contribution in [1.82, 2.24) is 4.90 Å². The Kier molecular flexibility index (Phi) is 4.63. The molecule has 0 saturated heterocycles. The number of nitrogens with zero attached hydrogens (tertiary/aromatic N) is 1. The Bertz CT molecular complexity index is 298. The first-order chi connectivity index (χ1) is 7.15. The molecule has 0 spiro atoms. The summed E-state index contributed by atoms with van der Waals surface area (Å²) in [5.74, 6) is 0.350. The van der Waals surface area contributed by atoms with Gasteiger partial charge in [0.1, 0.15) is 5.75 Å². The highest BCUT2D eigenvalue weighted by molar-refractivity contribution is 5.29. The zero-order chi connectivity index (χ0) is 11.3. The van der Waals surface area contributed by atoms with Crippen LogP contribution in [0.3, 0.4) is 0 Å². The van der Waals surface area contributed by atoms with Crippen LogP contribution in [0.15, 0.2) is 24.3 Å². The minimum Gasteiger partial charge on any atom is -0.508 e. The molecule has 1 atom stereocenters. The van der Waals surface area contributed by atoms with E-state index < -0.39 is 0 Å². The number of hydrogen-bond acceptors (Lipinski definition) is 2. The first-order valence-corrected chi connectivity index (χ1v) is 5.64. The van der Waals surface area contributed by atoms with E-state index in [0.29, 0.717) is 11.8 Å². The molecule has 84 valence electrons. The van der Waals surface area contributed by atoms with Gasteiger partial charge >= 0.3 is 0 Å². The van der Waals surface area contributed by atoms with Gasteiger partial charge < -0.3 is 5.11 Å². The Morgan fingerprint density at radius 2 is 2.13 bits per heavy atom. The quantitative estimate of drug-likeness (QED) is 0.801. The maximum atomic E-state index is 9.40. The van der Waals surface area contributed by atoms with E-state index in [9.17, 15) is 5.11 Å². The van der Waals surface area contributed by atoms with Gasteiger partial charge in [-0.3, -0.25) is 4.90 Å². The fraction of sp³-hybridized carbons (Fsp3) is 0.538. The molecule has 0 radical (unpaired) electrons. The number of hydrogen-bond donors (Lipinski definition) is 1. The summed E-state index contributed by atoms with van der Waals surface area (Å²) < 4.78 is 0. The van der Waals surface area contributed by atoms with Crippen LogP contribution < -0.4 is 0 Å². The highest BCUT2D eigenvalue weighted by Crippen LogP contribution is 2.22. The number of benzene rings is 1. The van der Waals surface area contributed by atoms with Crippen LogP contribution in [0, 0.1) is 0 Å². The molecule has 0 amide bonds. The maximum Gasteiger partial charge on any atom is 0.115 e. The van der Waals surface area contributed by atoms with Crippen LogP contribution in [-0.2, 0) is 0 Å². The molecule has 0 aliphatic heterocycles. The van der Waals surface area contributed by atoms with Crippen molar-refractivity contribution in [2.24, 2.45) is 0 Å². The van der Waals surface area contributed by atoms with Crippen LogP contribution in [0.4, 0.5) is 0 Å². The van der Waals surface area contributed by atoms with E-state index in [1.807, 2.05) is 12.1 Å². The molecule has 0 saturated carbocycles. The van der Waals surface area contributed by atoms with Gasteiger partial charge in [0.2, 0.25) is 0 Å². The second-order valence-electron chi connectivity index (χ2n) is 4.11. The number of unbranched alkanes of at least 4 members (excludes halogenated alkanes) is 1. The summed E-state index contributed by atoms with van der Waals surface area (Å²) >= 11 is 0. The van der Waals surface area contributed by atoms with E-state index in [4.69, 9.17) is 0 Å². The van der Waals surface area contributed by atoms with Gasteiger partial charge in [-0.1, -0.05) is 25.5 Å². The topological polar surface area (TPSA) is 23.5 Å². The average molecular weight is 207 g/mol. The Hall–Kier alpha value is -1.02. The number of rotatable bonds is 5. The lowest BCUT2D eigenvalue weighted by molar-refractivity contribution is 0.257. The van der Waals surface area contributed by atoms with E-state index in [-0.39, 0.29) is 0 Å². The minimum atomic E-state index is 0.350. The SMILES string of the molecule is CCCCN(C)C(C)c1cccc(O)c1. The van der Waals surface area contributed by atoms with Gasteiger partial charge in [-0.2, -0.15) is 0 Å². The molecule has 1 rings (SSSR count). The molecule has 1 N–H and O–H groups in total.